The highest BCUT2D eigenvalue weighted by Crippen LogP contribution is 2.44. The number of halogens is 1. The summed E-state index contributed by atoms with van der Waals surface area (Å²) >= 11 is 0. The molecule has 0 aliphatic carbocycles. The van der Waals surface area contributed by atoms with Gasteiger partial charge in [-0.1, -0.05) is 78.9 Å². The Kier molecular flexibility index (Phi) is 7.81. The summed E-state index contributed by atoms with van der Waals surface area (Å²) in [6, 6.07) is 43.3. The zero-order chi connectivity index (χ0) is 31.0. The van der Waals surface area contributed by atoms with Crippen molar-refractivity contribution < 1.29 is 4.39 Å². The molecule has 1 fully saturated rings. The number of hydrogen-bond acceptors (Lipinski definition) is 3. The van der Waals surface area contributed by atoms with Crippen molar-refractivity contribution in [3.8, 4) is 0 Å². The van der Waals surface area contributed by atoms with Crippen molar-refractivity contribution in [2.45, 2.75) is 24.9 Å². The second-order valence-electron chi connectivity index (χ2n) is 13.1. The van der Waals surface area contributed by atoms with Gasteiger partial charge in [-0.2, -0.15) is 0 Å². The number of anilines is 1. The van der Waals surface area contributed by atoms with E-state index in [2.05, 4.69) is 123 Å². The van der Waals surface area contributed by atoms with Crippen molar-refractivity contribution in [2.24, 2.45) is 7.05 Å². The van der Waals surface area contributed by atoms with Gasteiger partial charge in [0.1, 0.15) is 5.82 Å². The molecule has 8 rings (SSSR count). The quantitative estimate of drug-likeness (QED) is 0.182. The van der Waals surface area contributed by atoms with E-state index < -0.39 is 0 Å². The van der Waals surface area contributed by atoms with E-state index >= 15 is 0 Å². The van der Waals surface area contributed by atoms with Crippen LogP contribution in [0, 0.1) is 5.82 Å². The van der Waals surface area contributed by atoms with Gasteiger partial charge in [-0.3, -0.25) is 9.80 Å². The summed E-state index contributed by atoms with van der Waals surface area (Å²) in [5.74, 6) is 0.161. The van der Waals surface area contributed by atoms with Gasteiger partial charge < -0.3 is 9.47 Å². The van der Waals surface area contributed by atoms with Gasteiger partial charge in [-0.25, -0.2) is 4.39 Å². The number of benzene rings is 5. The van der Waals surface area contributed by atoms with Gasteiger partial charge in [0.05, 0.1) is 0 Å². The molecular formula is C41H41FN4. The van der Waals surface area contributed by atoms with Crippen molar-refractivity contribution in [1.29, 1.82) is 0 Å². The Hall–Kier alpha value is -4.45. The van der Waals surface area contributed by atoms with Crippen LogP contribution in [0.3, 0.4) is 0 Å². The van der Waals surface area contributed by atoms with E-state index in [1.165, 1.54) is 44.1 Å². The second kappa shape index (κ2) is 12.4. The van der Waals surface area contributed by atoms with Crippen LogP contribution in [-0.4, -0.2) is 53.6 Å². The molecule has 5 heteroatoms. The zero-order valence-corrected chi connectivity index (χ0v) is 26.5. The number of aromatic nitrogens is 1. The van der Waals surface area contributed by atoms with Crippen molar-refractivity contribution in [3.05, 3.63) is 149 Å². The molecule has 2 atom stereocenters. The molecule has 0 spiro atoms. The van der Waals surface area contributed by atoms with Gasteiger partial charge in [0.15, 0.2) is 0 Å². The first-order valence-electron chi connectivity index (χ1n) is 16.7. The normalized spacial score (nSPS) is 19.1. The Labute approximate surface area is 271 Å². The number of fused-ring (bicyclic) bond motifs is 4. The number of aryl methyl sites for hydroxylation is 1. The van der Waals surface area contributed by atoms with Crippen LogP contribution in [0.4, 0.5) is 10.1 Å². The smallest absolute Gasteiger partial charge is 0.123 e. The van der Waals surface area contributed by atoms with Crippen LogP contribution in [0.15, 0.2) is 121 Å². The molecule has 0 radical (unpaired) electrons. The Morgan fingerprint density at radius 2 is 1.41 bits per heavy atom. The molecule has 0 unspecified atom stereocenters. The van der Waals surface area contributed by atoms with Crippen molar-refractivity contribution in [2.75, 3.05) is 44.2 Å². The highest BCUT2D eigenvalue weighted by atomic mass is 19.1. The van der Waals surface area contributed by atoms with Gasteiger partial charge in [-0.05, 0) is 71.1 Å². The molecular weight excluding hydrogens is 567 g/mol. The zero-order valence-electron chi connectivity index (χ0n) is 26.5. The van der Waals surface area contributed by atoms with Crippen molar-refractivity contribution >= 4 is 27.5 Å². The Morgan fingerprint density at radius 1 is 0.696 bits per heavy atom. The fourth-order valence-corrected chi connectivity index (χ4v) is 8.05. The van der Waals surface area contributed by atoms with E-state index in [1.54, 1.807) is 12.1 Å². The first-order chi connectivity index (χ1) is 22.6. The van der Waals surface area contributed by atoms with Crippen LogP contribution in [0.5, 0.6) is 0 Å². The topological polar surface area (TPSA) is 14.7 Å². The highest BCUT2D eigenvalue weighted by Gasteiger charge is 2.37. The number of rotatable bonds is 7. The molecule has 0 amide bonds. The molecule has 0 N–H and O–H groups in total. The Balaban J connectivity index is 1.16. The molecule has 0 bridgehead atoms. The van der Waals surface area contributed by atoms with Crippen LogP contribution in [0.25, 0.3) is 21.8 Å². The first-order valence-corrected chi connectivity index (χ1v) is 16.7. The fraction of sp³-hybridized carbons (Fsp3) is 0.268. The minimum Gasteiger partial charge on any atom is -0.369 e. The molecule has 232 valence electrons. The van der Waals surface area contributed by atoms with Crippen molar-refractivity contribution in [3.63, 3.8) is 0 Å². The summed E-state index contributed by atoms with van der Waals surface area (Å²) in [5, 5.41) is 2.66. The third kappa shape index (κ3) is 5.48. The standard InChI is InChI=1S/C41H41FN4/c1-43-39-14-8-7-13-36(39)37-27-31(15-20-40(37)43)41-38(29-44-23-25-45(26-24-44)34-18-16-33(42)17-19-34)35-12-6-5-11-32(35)28-46(41)22-21-30-9-3-2-4-10-30/h2-20,27,38,41H,21-26,28-29H2,1H3/t38-,41+/m1/s1. The Morgan fingerprint density at radius 3 is 2.24 bits per heavy atom. The second-order valence-corrected chi connectivity index (χ2v) is 13.1. The lowest BCUT2D eigenvalue weighted by Gasteiger charge is -2.46. The maximum Gasteiger partial charge on any atom is 0.123 e. The summed E-state index contributed by atoms with van der Waals surface area (Å²) in [4.78, 5) is 7.80. The lowest BCUT2D eigenvalue weighted by molar-refractivity contribution is 0.118. The van der Waals surface area contributed by atoms with Crippen molar-refractivity contribution in [1.82, 2.24) is 14.4 Å². The molecule has 6 aromatic rings. The third-order valence-corrected chi connectivity index (χ3v) is 10.4. The average Bonchev–Trinajstić information content (AvgIpc) is 3.39. The predicted octanol–water partition coefficient (Wildman–Crippen LogP) is 8.18. The summed E-state index contributed by atoms with van der Waals surface area (Å²) < 4.78 is 15.9. The first kappa shape index (κ1) is 29.0. The molecule has 5 aromatic carbocycles. The monoisotopic (exact) mass is 608 g/mol. The van der Waals surface area contributed by atoms with Gasteiger partial charge in [0.25, 0.3) is 0 Å². The number of nitrogens with zero attached hydrogens (tertiary/aromatic N) is 4. The lowest BCUT2D eigenvalue weighted by Crippen LogP contribution is -2.49. The summed E-state index contributed by atoms with van der Waals surface area (Å²) in [7, 11) is 2.18. The van der Waals surface area contributed by atoms with E-state index in [0.717, 1.165) is 57.9 Å². The van der Waals surface area contributed by atoms with Crippen LogP contribution < -0.4 is 4.90 Å². The van der Waals surface area contributed by atoms with Gasteiger partial charge >= 0.3 is 0 Å². The minimum absolute atomic E-state index is 0.178. The molecule has 3 heterocycles. The minimum atomic E-state index is -0.178. The SMILES string of the molecule is Cn1c2ccccc2c2cc([C@H]3[C@H](CN4CCN(c5ccc(F)cc5)CC4)c4ccccc4CN3CCc3ccccc3)ccc21. The van der Waals surface area contributed by atoms with Crippen LogP contribution >= 0.6 is 0 Å². The van der Waals surface area contributed by atoms with Crippen LogP contribution in [0.1, 0.15) is 34.2 Å². The van der Waals surface area contributed by atoms with E-state index in [4.69, 9.17) is 0 Å². The molecule has 4 nitrogen and oxygen atoms in total. The van der Waals surface area contributed by atoms with E-state index in [-0.39, 0.29) is 11.9 Å². The number of piperazine rings is 1. The number of hydrogen-bond donors (Lipinski definition) is 0. The molecule has 46 heavy (non-hydrogen) atoms. The van der Waals surface area contributed by atoms with E-state index in [1.807, 2.05) is 12.1 Å². The molecule has 0 saturated carbocycles. The largest absolute Gasteiger partial charge is 0.369 e. The van der Waals surface area contributed by atoms with Gasteiger partial charge in [0, 0.05) is 92.3 Å². The third-order valence-electron chi connectivity index (χ3n) is 10.4. The summed E-state index contributed by atoms with van der Waals surface area (Å²) in [5.41, 5.74) is 9.40. The van der Waals surface area contributed by atoms with Gasteiger partial charge in [0.2, 0.25) is 0 Å². The summed E-state index contributed by atoms with van der Waals surface area (Å²) in [6.45, 7) is 6.86. The number of para-hydroxylation sites is 1. The molecule has 1 aromatic heterocycles. The average molecular weight is 609 g/mol. The van der Waals surface area contributed by atoms with E-state index in [0.29, 0.717) is 5.92 Å². The maximum absolute atomic E-state index is 13.6. The van der Waals surface area contributed by atoms with E-state index in [9.17, 15) is 4.39 Å². The maximum atomic E-state index is 13.6. The van der Waals surface area contributed by atoms with Crippen LogP contribution in [-0.2, 0) is 20.0 Å². The van der Waals surface area contributed by atoms with Crippen LogP contribution in [0.2, 0.25) is 0 Å². The summed E-state index contributed by atoms with van der Waals surface area (Å²) in [6.07, 6.45) is 1.03. The highest BCUT2D eigenvalue weighted by molar-refractivity contribution is 6.08. The fourth-order valence-electron chi connectivity index (χ4n) is 8.05. The molecule has 2 aliphatic heterocycles. The molecule has 1 saturated heterocycles. The lowest BCUT2D eigenvalue weighted by atomic mass is 9.79. The predicted molar refractivity (Wildman–Crippen MR) is 188 cm³/mol. The van der Waals surface area contributed by atoms with Gasteiger partial charge in [-0.15, -0.1) is 0 Å². The molecule has 2 aliphatic rings. The Bertz CT molecular complexity index is 1960.